The standard InChI is InChI=1S/C13H9F2N3/c14-8-5-6-12-10(7-8)17-13(16)18(12)11-4-2-1-3-9(11)15/h1-7H,(H2,16,17). The summed E-state index contributed by atoms with van der Waals surface area (Å²) >= 11 is 0. The van der Waals surface area contributed by atoms with Crippen molar-refractivity contribution in [3.63, 3.8) is 0 Å². The summed E-state index contributed by atoms with van der Waals surface area (Å²) in [6, 6.07) is 10.3. The minimum absolute atomic E-state index is 0.126. The number of imidazole rings is 1. The zero-order chi connectivity index (χ0) is 12.7. The molecule has 0 spiro atoms. The largest absolute Gasteiger partial charge is 0.369 e. The van der Waals surface area contributed by atoms with Crippen LogP contribution in [-0.4, -0.2) is 9.55 Å². The van der Waals surface area contributed by atoms with Gasteiger partial charge in [0.05, 0.1) is 16.7 Å². The Morgan fingerprint density at radius 3 is 2.61 bits per heavy atom. The lowest BCUT2D eigenvalue weighted by Gasteiger charge is -2.07. The average molecular weight is 245 g/mol. The Kier molecular flexibility index (Phi) is 2.26. The van der Waals surface area contributed by atoms with E-state index in [4.69, 9.17) is 5.73 Å². The maximum atomic E-state index is 13.8. The summed E-state index contributed by atoms with van der Waals surface area (Å²) < 4.78 is 28.3. The van der Waals surface area contributed by atoms with Gasteiger partial charge in [0.1, 0.15) is 11.6 Å². The second-order valence-corrected chi connectivity index (χ2v) is 3.89. The van der Waals surface area contributed by atoms with Crippen molar-refractivity contribution < 1.29 is 8.78 Å². The van der Waals surface area contributed by atoms with Crippen LogP contribution in [0.25, 0.3) is 16.7 Å². The molecule has 90 valence electrons. The Morgan fingerprint density at radius 1 is 1.06 bits per heavy atom. The molecule has 0 aliphatic rings. The van der Waals surface area contributed by atoms with E-state index in [0.29, 0.717) is 16.7 Å². The number of nitrogens with two attached hydrogens (primary N) is 1. The molecule has 3 nitrogen and oxygen atoms in total. The van der Waals surface area contributed by atoms with Crippen LogP contribution >= 0.6 is 0 Å². The molecule has 3 aromatic rings. The molecule has 0 aliphatic heterocycles. The van der Waals surface area contributed by atoms with Gasteiger partial charge in [-0.15, -0.1) is 0 Å². The van der Waals surface area contributed by atoms with Crippen molar-refractivity contribution in [1.82, 2.24) is 9.55 Å². The Morgan fingerprint density at radius 2 is 1.83 bits per heavy atom. The summed E-state index contributed by atoms with van der Waals surface area (Å²) in [7, 11) is 0. The molecule has 0 saturated heterocycles. The number of para-hydroxylation sites is 1. The van der Waals surface area contributed by atoms with E-state index in [1.54, 1.807) is 18.2 Å². The van der Waals surface area contributed by atoms with Crippen LogP contribution in [-0.2, 0) is 0 Å². The van der Waals surface area contributed by atoms with Gasteiger partial charge in [-0.25, -0.2) is 13.8 Å². The third kappa shape index (κ3) is 1.52. The highest BCUT2D eigenvalue weighted by atomic mass is 19.1. The first-order valence-electron chi connectivity index (χ1n) is 5.35. The van der Waals surface area contributed by atoms with Crippen molar-refractivity contribution in [3.8, 4) is 5.69 Å². The first-order chi connectivity index (χ1) is 8.66. The molecule has 0 amide bonds. The fraction of sp³-hybridized carbons (Fsp3) is 0. The lowest BCUT2D eigenvalue weighted by Crippen LogP contribution is -2.02. The monoisotopic (exact) mass is 245 g/mol. The molecule has 3 rings (SSSR count). The van der Waals surface area contributed by atoms with E-state index in [1.807, 2.05) is 0 Å². The second kappa shape index (κ2) is 3.80. The molecule has 1 heterocycles. The number of fused-ring (bicyclic) bond motifs is 1. The van der Waals surface area contributed by atoms with E-state index in [-0.39, 0.29) is 5.95 Å². The van der Waals surface area contributed by atoms with Gasteiger partial charge in [0.15, 0.2) is 0 Å². The van der Waals surface area contributed by atoms with Gasteiger partial charge in [-0.1, -0.05) is 12.1 Å². The van der Waals surface area contributed by atoms with Gasteiger partial charge < -0.3 is 5.73 Å². The summed E-state index contributed by atoms with van der Waals surface area (Å²) in [5.74, 6) is -0.686. The van der Waals surface area contributed by atoms with E-state index in [1.165, 1.54) is 28.8 Å². The minimum Gasteiger partial charge on any atom is -0.369 e. The molecule has 0 saturated carbocycles. The number of benzene rings is 2. The number of anilines is 1. The topological polar surface area (TPSA) is 43.8 Å². The fourth-order valence-electron chi connectivity index (χ4n) is 1.96. The number of rotatable bonds is 1. The Bertz CT molecular complexity index is 734. The van der Waals surface area contributed by atoms with Crippen LogP contribution in [0.15, 0.2) is 42.5 Å². The Labute approximate surface area is 101 Å². The SMILES string of the molecule is Nc1nc2cc(F)ccc2n1-c1ccccc1F. The molecule has 0 atom stereocenters. The molecule has 0 bridgehead atoms. The van der Waals surface area contributed by atoms with E-state index >= 15 is 0 Å². The summed E-state index contributed by atoms with van der Waals surface area (Å²) in [6.07, 6.45) is 0. The highest BCUT2D eigenvalue weighted by Gasteiger charge is 2.13. The van der Waals surface area contributed by atoms with Crippen molar-refractivity contribution in [3.05, 3.63) is 54.1 Å². The number of aromatic nitrogens is 2. The quantitative estimate of drug-likeness (QED) is 0.716. The molecule has 2 aromatic carbocycles. The molecule has 2 N–H and O–H groups in total. The molecule has 0 aliphatic carbocycles. The Hall–Kier alpha value is -2.43. The van der Waals surface area contributed by atoms with Gasteiger partial charge in [-0.3, -0.25) is 4.57 Å². The van der Waals surface area contributed by atoms with Crippen molar-refractivity contribution in [1.29, 1.82) is 0 Å². The average Bonchev–Trinajstić information content (AvgIpc) is 2.65. The number of nitrogens with zero attached hydrogens (tertiary/aromatic N) is 2. The zero-order valence-electron chi connectivity index (χ0n) is 9.27. The summed E-state index contributed by atoms with van der Waals surface area (Å²) in [5.41, 5.74) is 7.03. The predicted molar refractivity (Wildman–Crippen MR) is 65.4 cm³/mol. The van der Waals surface area contributed by atoms with Crippen molar-refractivity contribution in [2.24, 2.45) is 0 Å². The molecule has 0 radical (unpaired) electrons. The van der Waals surface area contributed by atoms with Gasteiger partial charge in [0.25, 0.3) is 0 Å². The van der Waals surface area contributed by atoms with Crippen LogP contribution < -0.4 is 5.73 Å². The summed E-state index contributed by atoms with van der Waals surface area (Å²) in [4.78, 5) is 4.03. The van der Waals surface area contributed by atoms with Crippen molar-refractivity contribution in [2.45, 2.75) is 0 Å². The number of nitrogen functional groups attached to an aromatic ring is 1. The first-order valence-corrected chi connectivity index (χ1v) is 5.35. The number of halogens is 2. The molecule has 0 unspecified atom stereocenters. The molecular weight excluding hydrogens is 236 g/mol. The van der Waals surface area contributed by atoms with E-state index in [9.17, 15) is 8.78 Å². The highest BCUT2D eigenvalue weighted by Crippen LogP contribution is 2.25. The molecule has 1 aromatic heterocycles. The lowest BCUT2D eigenvalue weighted by atomic mass is 10.2. The lowest BCUT2D eigenvalue weighted by molar-refractivity contribution is 0.620. The second-order valence-electron chi connectivity index (χ2n) is 3.89. The fourth-order valence-corrected chi connectivity index (χ4v) is 1.96. The number of hydrogen-bond donors (Lipinski definition) is 1. The van der Waals surface area contributed by atoms with Crippen molar-refractivity contribution >= 4 is 17.0 Å². The smallest absolute Gasteiger partial charge is 0.206 e. The molecule has 18 heavy (non-hydrogen) atoms. The van der Waals surface area contributed by atoms with Crippen LogP contribution in [0.3, 0.4) is 0 Å². The van der Waals surface area contributed by atoms with Crippen LogP contribution in [0.2, 0.25) is 0 Å². The van der Waals surface area contributed by atoms with Crippen LogP contribution in [0.4, 0.5) is 14.7 Å². The van der Waals surface area contributed by atoms with Gasteiger partial charge in [-0.05, 0) is 24.3 Å². The van der Waals surface area contributed by atoms with E-state index < -0.39 is 11.6 Å². The third-order valence-electron chi connectivity index (χ3n) is 2.74. The highest BCUT2D eigenvalue weighted by molar-refractivity contribution is 5.80. The summed E-state index contributed by atoms with van der Waals surface area (Å²) in [6.45, 7) is 0. The van der Waals surface area contributed by atoms with Gasteiger partial charge in [0.2, 0.25) is 5.95 Å². The maximum absolute atomic E-state index is 13.8. The molecule has 0 fully saturated rings. The van der Waals surface area contributed by atoms with Gasteiger partial charge in [0, 0.05) is 6.07 Å². The van der Waals surface area contributed by atoms with Gasteiger partial charge >= 0.3 is 0 Å². The maximum Gasteiger partial charge on any atom is 0.206 e. The van der Waals surface area contributed by atoms with Crippen molar-refractivity contribution in [2.75, 3.05) is 5.73 Å². The minimum atomic E-state index is -0.409. The molecule has 5 heteroatoms. The van der Waals surface area contributed by atoms with Crippen LogP contribution in [0.5, 0.6) is 0 Å². The van der Waals surface area contributed by atoms with Crippen LogP contribution in [0, 0.1) is 11.6 Å². The third-order valence-corrected chi connectivity index (χ3v) is 2.74. The van der Waals surface area contributed by atoms with E-state index in [0.717, 1.165) is 0 Å². The van der Waals surface area contributed by atoms with Crippen LogP contribution in [0.1, 0.15) is 0 Å². The van der Waals surface area contributed by atoms with Gasteiger partial charge in [-0.2, -0.15) is 0 Å². The molecular formula is C13H9F2N3. The number of hydrogen-bond acceptors (Lipinski definition) is 2. The first kappa shape index (κ1) is 10.7. The Balaban J connectivity index is 2.36. The predicted octanol–water partition coefficient (Wildman–Crippen LogP) is 2.89. The zero-order valence-corrected chi connectivity index (χ0v) is 9.27. The normalized spacial score (nSPS) is 11.0. The van der Waals surface area contributed by atoms with E-state index in [2.05, 4.69) is 4.98 Å². The summed E-state index contributed by atoms with van der Waals surface area (Å²) in [5, 5.41) is 0.